The van der Waals surface area contributed by atoms with Crippen LogP contribution < -0.4 is 0 Å². The molecule has 0 spiro atoms. The third-order valence-electron chi connectivity index (χ3n) is 1.90. The molecule has 0 bridgehead atoms. The van der Waals surface area contributed by atoms with Gasteiger partial charge in [-0.1, -0.05) is 22.8 Å². The summed E-state index contributed by atoms with van der Waals surface area (Å²) in [5, 5.41) is 4.36. The van der Waals surface area contributed by atoms with Gasteiger partial charge in [-0.25, -0.2) is 0 Å². The Morgan fingerprint density at radius 1 is 1.31 bits per heavy atom. The lowest BCUT2D eigenvalue weighted by atomic mass is 10.1. The van der Waals surface area contributed by atoms with Gasteiger partial charge in [-0.15, -0.1) is 0 Å². The van der Waals surface area contributed by atoms with Gasteiger partial charge < -0.3 is 4.52 Å². The monoisotopic (exact) mass is 193 g/mol. The van der Waals surface area contributed by atoms with Crippen LogP contribution >= 0.6 is 11.6 Å². The molecule has 3 heteroatoms. The van der Waals surface area contributed by atoms with E-state index in [1.165, 1.54) is 0 Å². The molecule has 0 amide bonds. The molecule has 2 rings (SSSR count). The summed E-state index contributed by atoms with van der Waals surface area (Å²) < 4.78 is 5.05. The van der Waals surface area contributed by atoms with E-state index in [-0.39, 0.29) is 0 Å². The smallest absolute Gasteiger partial charge is 0.167 e. The number of aromatic nitrogens is 1. The fraction of sp³-hybridized carbons (Fsp3) is 0.100. The SMILES string of the molecule is Cc1ccc(Cl)cc1-c1ccno1. The van der Waals surface area contributed by atoms with E-state index in [1.54, 1.807) is 6.20 Å². The second-order valence-electron chi connectivity index (χ2n) is 2.84. The number of halogens is 1. The van der Waals surface area contributed by atoms with Gasteiger partial charge in [-0.05, 0) is 24.6 Å². The number of aryl methyl sites for hydroxylation is 1. The van der Waals surface area contributed by atoms with Gasteiger partial charge in [0.05, 0.1) is 6.20 Å². The number of nitrogens with zero attached hydrogens (tertiary/aromatic N) is 1. The van der Waals surface area contributed by atoms with Crippen molar-refractivity contribution in [3.8, 4) is 11.3 Å². The molecule has 0 atom stereocenters. The zero-order valence-electron chi connectivity index (χ0n) is 7.12. The molecule has 2 nitrogen and oxygen atoms in total. The summed E-state index contributed by atoms with van der Waals surface area (Å²) in [6.07, 6.45) is 1.62. The first-order valence-corrected chi connectivity index (χ1v) is 4.32. The van der Waals surface area contributed by atoms with Crippen molar-refractivity contribution >= 4 is 11.6 Å². The van der Waals surface area contributed by atoms with Crippen LogP contribution in [-0.2, 0) is 0 Å². The summed E-state index contributed by atoms with van der Waals surface area (Å²) in [5.74, 6) is 0.750. The van der Waals surface area contributed by atoms with Gasteiger partial charge in [-0.3, -0.25) is 0 Å². The minimum absolute atomic E-state index is 0.706. The second kappa shape index (κ2) is 3.23. The van der Waals surface area contributed by atoms with Gasteiger partial charge in [0, 0.05) is 16.7 Å². The quantitative estimate of drug-likeness (QED) is 0.695. The zero-order valence-corrected chi connectivity index (χ0v) is 7.88. The first kappa shape index (κ1) is 8.32. The Balaban J connectivity index is 2.57. The lowest BCUT2D eigenvalue weighted by Crippen LogP contribution is -1.80. The maximum Gasteiger partial charge on any atom is 0.167 e. The fourth-order valence-electron chi connectivity index (χ4n) is 1.21. The molecule has 0 radical (unpaired) electrons. The normalized spacial score (nSPS) is 10.3. The maximum atomic E-state index is 5.87. The summed E-state index contributed by atoms with van der Waals surface area (Å²) in [4.78, 5) is 0. The number of hydrogen-bond donors (Lipinski definition) is 0. The summed E-state index contributed by atoms with van der Waals surface area (Å²) in [5.41, 5.74) is 2.12. The van der Waals surface area contributed by atoms with Crippen LogP contribution in [0.25, 0.3) is 11.3 Å². The van der Waals surface area contributed by atoms with Crippen LogP contribution in [0.5, 0.6) is 0 Å². The van der Waals surface area contributed by atoms with Crippen LogP contribution in [0.1, 0.15) is 5.56 Å². The van der Waals surface area contributed by atoms with Crippen molar-refractivity contribution in [3.05, 3.63) is 41.0 Å². The summed E-state index contributed by atoms with van der Waals surface area (Å²) in [6.45, 7) is 2.01. The molecule has 0 unspecified atom stereocenters. The highest BCUT2D eigenvalue weighted by Gasteiger charge is 2.05. The van der Waals surface area contributed by atoms with Gasteiger partial charge in [0.1, 0.15) is 0 Å². The third kappa shape index (κ3) is 1.58. The molecular weight excluding hydrogens is 186 g/mol. The van der Waals surface area contributed by atoms with Crippen LogP contribution in [0.2, 0.25) is 5.02 Å². The Bertz CT molecular complexity index is 409. The van der Waals surface area contributed by atoms with Crippen molar-refractivity contribution in [3.63, 3.8) is 0 Å². The van der Waals surface area contributed by atoms with Crippen LogP contribution in [0.3, 0.4) is 0 Å². The van der Waals surface area contributed by atoms with Crippen molar-refractivity contribution in [1.82, 2.24) is 5.16 Å². The summed E-state index contributed by atoms with van der Waals surface area (Å²) in [6, 6.07) is 7.51. The lowest BCUT2D eigenvalue weighted by molar-refractivity contribution is 0.432. The molecule has 2 aromatic rings. The summed E-state index contributed by atoms with van der Waals surface area (Å²) >= 11 is 5.87. The molecule has 1 aromatic carbocycles. The van der Waals surface area contributed by atoms with E-state index >= 15 is 0 Å². The average molecular weight is 194 g/mol. The van der Waals surface area contributed by atoms with E-state index in [0.29, 0.717) is 5.02 Å². The number of hydrogen-bond acceptors (Lipinski definition) is 2. The Kier molecular flexibility index (Phi) is 2.07. The van der Waals surface area contributed by atoms with Gasteiger partial charge in [0.2, 0.25) is 0 Å². The van der Waals surface area contributed by atoms with Crippen molar-refractivity contribution in [2.45, 2.75) is 6.92 Å². The van der Waals surface area contributed by atoms with Crippen LogP contribution in [0.4, 0.5) is 0 Å². The summed E-state index contributed by atoms with van der Waals surface area (Å²) in [7, 11) is 0. The molecule has 0 saturated heterocycles. The van der Waals surface area contributed by atoms with Gasteiger partial charge in [0.15, 0.2) is 5.76 Å². The molecule has 66 valence electrons. The third-order valence-corrected chi connectivity index (χ3v) is 2.14. The first-order chi connectivity index (χ1) is 6.27. The van der Waals surface area contributed by atoms with Gasteiger partial charge in [0.25, 0.3) is 0 Å². The minimum atomic E-state index is 0.706. The molecule has 0 saturated carbocycles. The van der Waals surface area contributed by atoms with Crippen molar-refractivity contribution < 1.29 is 4.52 Å². The number of rotatable bonds is 1. The van der Waals surface area contributed by atoms with E-state index in [4.69, 9.17) is 16.1 Å². The second-order valence-corrected chi connectivity index (χ2v) is 3.27. The topological polar surface area (TPSA) is 26.0 Å². The standard InChI is InChI=1S/C10H8ClNO/c1-7-2-3-8(11)6-9(7)10-4-5-12-13-10/h2-6H,1H3. The lowest BCUT2D eigenvalue weighted by Gasteiger charge is -2.01. The molecule has 0 N–H and O–H groups in total. The van der Waals surface area contributed by atoms with Crippen LogP contribution in [0.15, 0.2) is 35.0 Å². The highest BCUT2D eigenvalue weighted by atomic mass is 35.5. The van der Waals surface area contributed by atoms with Crippen LogP contribution in [-0.4, -0.2) is 5.16 Å². The van der Waals surface area contributed by atoms with E-state index in [0.717, 1.165) is 16.9 Å². The maximum absolute atomic E-state index is 5.87. The molecule has 0 aliphatic heterocycles. The Hall–Kier alpha value is -1.28. The van der Waals surface area contributed by atoms with Crippen molar-refractivity contribution in [2.75, 3.05) is 0 Å². The van der Waals surface area contributed by atoms with Crippen molar-refractivity contribution in [1.29, 1.82) is 0 Å². The van der Waals surface area contributed by atoms with E-state index in [1.807, 2.05) is 31.2 Å². The molecule has 0 aliphatic rings. The number of benzene rings is 1. The molecule has 1 heterocycles. The zero-order chi connectivity index (χ0) is 9.26. The minimum Gasteiger partial charge on any atom is -0.356 e. The predicted molar refractivity (Wildman–Crippen MR) is 51.7 cm³/mol. The van der Waals surface area contributed by atoms with E-state index < -0.39 is 0 Å². The largest absolute Gasteiger partial charge is 0.356 e. The molecule has 0 aliphatic carbocycles. The predicted octanol–water partition coefficient (Wildman–Crippen LogP) is 3.30. The highest BCUT2D eigenvalue weighted by molar-refractivity contribution is 6.30. The van der Waals surface area contributed by atoms with Gasteiger partial charge in [-0.2, -0.15) is 0 Å². The highest BCUT2D eigenvalue weighted by Crippen LogP contribution is 2.25. The Morgan fingerprint density at radius 2 is 2.15 bits per heavy atom. The fourth-order valence-corrected chi connectivity index (χ4v) is 1.39. The van der Waals surface area contributed by atoms with Gasteiger partial charge >= 0.3 is 0 Å². The average Bonchev–Trinajstić information content (AvgIpc) is 2.61. The molecule has 13 heavy (non-hydrogen) atoms. The van der Waals surface area contributed by atoms with Crippen molar-refractivity contribution in [2.24, 2.45) is 0 Å². The molecular formula is C10H8ClNO. The molecule has 1 aromatic heterocycles. The van der Waals surface area contributed by atoms with E-state index in [2.05, 4.69) is 5.16 Å². The Labute approximate surface area is 81.1 Å². The molecule has 0 fully saturated rings. The Morgan fingerprint density at radius 3 is 2.85 bits per heavy atom. The van der Waals surface area contributed by atoms with E-state index in [9.17, 15) is 0 Å². The van der Waals surface area contributed by atoms with Crippen LogP contribution in [0, 0.1) is 6.92 Å². The first-order valence-electron chi connectivity index (χ1n) is 3.94.